The van der Waals surface area contributed by atoms with E-state index in [4.69, 9.17) is 0 Å². The van der Waals surface area contributed by atoms with Gasteiger partial charge < -0.3 is 5.32 Å². The Morgan fingerprint density at radius 2 is 2.50 bits per heavy atom. The first-order chi connectivity index (χ1) is 7.74. The van der Waals surface area contributed by atoms with E-state index in [0.717, 1.165) is 13.1 Å². The van der Waals surface area contributed by atoms with Gasteiger partial charge in [-0.3, -0.25) is 4.68 Å². The van der Waals surface area contributed by atoms with E-state index < -0.39 is 0 Å². The lowest BCUT2D eigenvalue weighted by Crippen LogP contribution is -2.29. The SMILES string of the molecule is CC(Cn1cncn1)NCc1csc(Br)c1. The second-order valence-electron chi connectivity index (χ2n) is 3.66. The van der Waals surface area contributed by atoms with Gasteiger partial charge in [0.15, 0.2) is 0 Å². The Bertz CT molecular complexity index is 426. The van der Waals surface area contributed by atoms with E-state index >= 15 is 0 Å². The number of aromatic nitrogens is 3. The van der Waals surface area contributed by atoms with E-state index in [-0.39, 0.29) is 0 Å². The first-order valence-corrected chi connectivity index (χ1v) is 6.70. The van der Waals surface area contributed by atoms with Crippen molar-refractivity contribution in [1.82, 2.24) is 20.1 Å². The number of thiophene rings is 1. The van der Waals surface area contributed by atoms with Crippen LogP contribution in [0.25, 0.3) is 0 Å². The highest BCUT2D eigenvalue weighted by Gasteiger charge is 2.04. The Morgan fingerprint density at radius 1 is 1.62 bits per heavy atom. The summed E-state index contributed by atoms with van der Waals surface area (Å²) < 4.78 is 3.01. The minimum absolute atomic E-state index is 0.375. The summed E-state index contributed by atoms with van der Waals surface area (Å²) in [5.41, 5.74) is 1.31. The first kappa shape index (κ1) is 11.8. The van der Waals surface area contributed by atoms with Crippen molar-refractivity contribution in [1.29, 1.82) is 0 Å². The standard InChI is InChI=1S/C10H13BrN4S/c1-8(4-15-7-12-6-14-15)13-3-9-2-10(11)16-5-9/h2,5-8,13H,3-4H2,1H3. The first-order valence-electron chi connectivity index (χ1n) is 5.03. The summed E-state index contributed by atoms with van der Waals surface area (Å²) in [6.07, 6.45) is 3.29. The molecule has 0 radical (unpaired) electrons. The molecule has 4 nitrogen and oxygen atoms in total. The predicted octanol–water partition coefficient (Wildman–Crippen LogP) is 2.28. The van der Waals surface area contributed by atoms with E-state index in [0.29, 0.717) is 6.04 Å². The van der Waals surface area contributed by atoms with E-state index in [9.17, 15) is 0 Å². The summed E-state index contributed by atoms with van der Waals surface area (Å²) in [6, 6.07) is 2.51. The van der Waals surface area contributed by atoms with Crippen LogP contribution in [0.5, 0.6) is 0 Å². The molecule has 16 heavy (non-hydrogen) atoms. The van der Waals surface area contributed by atoms with Crippen molar-refractivity contribution >= 4 is 27.3 Å². The van der Waals surface area contributed by atoms with Crippen molar-refractivity contribution in [2.45, 2.75) is 26.1 Å². The van der Waals surface area contributed by atoms with Gasteiger partial charge in [0.05, 0.1) is 10.3 Å². The molecule has 0 spiro atoms. The quantitative estimate of drug-likeness (QED) is 0.921. The van der Waals surface area contributed by atoms with Crippen molar-refractivity contribution < 1.29 is 0 Å². The van der Waals surface area contributed by atoms with Gasteiger partial charge in [-0.1, -0.05) is 0 Å². The van der Waals surface area contributed by atoms with Crippen LogP contribution < -0.4 is 5.32 Å². The van der Waals surface area contributed by atoms with Gasteiger partial charge in [0.25, 0.3) is 0 Å². The zero-order chi connectivity index (χ0) is 11.4. The zero-order valence-electron chi connectivity index (χ0n) is 8.93. The lowest BCUT2D eigenvalue weighted by molar-refractivity contribution is 0.450. The van der Waals surface area contributed by atoms with Crippen LogP contribution in [-0.4, -0.2) is 20.8 Å². The molecule has 86 valence electrons. The van der Waals surface area contributed by atoms with Crippen LogP contribution in [0, 0.1) is 0 Å². The Balaban J connectivity index is 1.77. The maximum Gasteiger partial charge on any atom is 0.137 e. The number of hydrogen-bond donors (Lipinski definition) is 1. The van der Waals surface area contributed by atoms with Gasteiger partial charge in [-0.2, -0.15) is 5.10 Å². The molecule has 1 atom stereocenters. The number of halogens is 1. The molecule has 0 amide bonds. The molecule has 0 fully saturated rings. The fourth-order valence-corrected chi connectivity index (χ4v) is 2.61. The molecule has 0 aliphatic rings. The van der Waals surface area contributed by atoms with Crippen molar-refractivity contribution in [3.05, 3.63) is 33.5 Å². The molecule has 2 aromatic rings. The number of nitrogens with one attached hydrogen (secondary N) is 1. The minimum Gasteiger partial charge on any atom is -0.308 e. The largest absolute Gasteiger partial charge is 0.308 e. The van der Waals surface area contributed by atoms with E-state index in [1.807, 2.05) is 4.68 Å². The van der Waals surface area contributed by atoms with Crippen molar-refractivity contribution in [2.75, 3.05) is 0 Å². The van der Waals surface area contributed by atoms with E-state index in [2.05, 4.69) is 49.7 Å². The summed E-state index contributed by atoms with van der Waals surface area (Å²) in [7, 11) is 0. The van der Waals surface area contributed by atoms with Gasteiger partial charge in [-0.25, -0.2) is 4.98 Å². The fourth-order valence-electron chi connectivity index (χ4n) is 1.40. The maximum atomic E-state index is 4.08. The maximum absolute atomic E-state index is 4.08. The fraction of sp³-hybridized carbons (Fsp3) is 0.400. The van der Waals surface area contributed by atoms with Crippen molar-refractivity contribution in [3.8, 4) is 0 Å². The van der Waals surface area contributed by atoms with Crippen LogP contribution in [-0.2, 0) is 13.1 Å². The van der Waals surface area contributed by atoms with Crippen LogP contribution in [0.2, 0.25) is 0 Å². The van der Waals surface area contributed by atoms with Gasteiger partial charge in [-0.05, 0) is 39.9 Å². The third-order valence-corrected chi connectivity index (χ3v) is 3.76. The molecule has 0 aliphatic carbocycles. The summed E-state index contributed by atoms with van der Waals surface area (Å²) in [6.45, 7) is 3.87. The topological polar surface area (TPSA) is 42.7 Å². The third-order valence-electron chi connectivity index (χ3n) is 2.20. The molecule has 0 bridgehead atoms. The Labute approximate surface area is 107 Å². The number of rotatable bonds is 5. The number of hydrogen-bond acceptors (Lipinski definition) is 4. The molecule has 0 saturated carbocycles. The Hall–Kier alpha value is -0.720. The molecule has 2 rings (SSSR count). The average Bonchev–Trinajstić information content (AvgIpc) is 2.87. The predicted molar refractivity (Wildman–Crippen MR) is 68.3 cm³/mol. The molecular weight excluding hydrogens is 288 g/mol. The zero-order valence-corrected chi connectivity index (χ0v) is 11.3. The molecular formula is C10H13BrN4S. The van der Waals surface area contributed by atoms with E-state index in [1.54, 1.807) is 24.0 Å². The highest BCUT2D eigenvalue weighted by atomic mass is 79.9. The molecule has 0 aromatic carbocycles. The van der Waals surface area contributed by atoms with Crippen LogP contribution >= 0.6 is 27.3 Å². The van der Waals surface area contributed by atoms with Gasteiger partial charge in [0.1, 0.15) is 12.7 Å². The second kappa shape index (κ2) is 5.56. The minimum atomic E-state index is 0.375. The van der Waals surface area contributed by atoms with Crippen molar-refractivity contribution in [2.24, 2.45) is 0 Å². The normalized spacial score (nSPS) is 12.9. The van der Waals surface area contributed by atoms with E-state index in [1.165, 1.54) is 9.35 Å². The lowest BCUT2D eigenvalue weighted by Gasteiger charge is -2.12. The molecule has 1 unspecified atom stereocenters. The van der Waals surface area contributed by atoms with Gasteiger partial charge >= 0.3 is 0 Å². The molecule has 0 aliphatic heterocycles. The van der Waals surface area contributed by atoms with Gasteiger partial charge in [0, 0.05) is 12.6 Å². The highest BCUT2D eigenvalue weighted by molar-refractivity contribution is 9.11. The average molecular weight is 301 g/mol. The van der Waals surface area contributed by atoms with Gasteiger partial charge in [-0.15, -0.1) is 11.3 Å². The van der Waals surface area contributed by atoms with Crippen LogP contribution in [0.15, 0.2) is 27.9 Å². The monoisotopic (exact) mass is 300 g/mol. The van der Waals surface area contributed by atoms with Gasteiger partial charge in [0.2, 0.25) is 0 Å². The third kappa shape index (κ3) is 3.40. The Morgan fingerprint density at radius 3 is 3.12 bits per heavy atom. The molecule has 6 heteroatoms. The number of nitrogens with zero attached hydrogens (tertiary/aromatic N) is 3. The Kier molecular flexibility index (Phi) is 4.09. The molecule has 2 heterocycles. The summed E-state index contributed by atoms with van der Waals surface area (Å²) in [5, 5.41) is 9.68. The van der Waals surface area contributed by atoms with Crippen LogP contribution in [0.1, 0.15) is 12.5 Å². The summed E-state index contributed by atoms with van der Waals surface area (Å²) >= 11 is 5.17. The molecule has 2 aromatic heterocycles. The smallest absolute Gasteiger partial charge is 0.137 e. The molecule has 1 N–H and O–H groups in total. The van der Waals surface area contributed by atoms with Crippen LogP contribution in [0.3, 0.4) is 0 Å². The second-order valence-corrected chi connectivity index (χ2v) is 5.95. The molecule has 0 saturated heterocycles. The summed E-state index contributed by atoms with van der Waals surface area (Å²) in [4.78, 5) is 3.92. The summed E-state index contributed by atoms with van der Waals surface area (Å²) in [5.74, 6) is 0. The van der Waals surface area contributed by atoms with Crippen LogP contribution in [0.4, 0.5) is 0 Å². The van der Waals surface area contributed by atoms with Crippen molar-refractivity contribution in [3.63, 3.8) is 0 Å². The highest BCUT2D eigenvalue weighted by Crippen LogP contribution is 2.20. The lowest BCUT2D eigenvalue weighted by atomic mass is 10.3.